The predicted octanol–water partition coefficient (Wildman–Crippen LogP) is 4.61. The number of hydrogen-bond acceptors (Lipinski definition) is 5. The van der Waals surface area contributed by atoms with Crippen LogP contribution in [0.4, 0.5) is 5.69 Å². The zero-order valence-corrected chi connectivity index (χ0v) is 14.0. The molecule has 24 heavy (non-hydrogen) atoms. The number of carbonyl (C=O) groups is 1. The van der Waals surface area contributed by atoms with Gasteiger partial charge in [-0.2, -0.15) is 5.26 Å². The van der Waals surface area contributed by atoms with E-state index in [1.165, 1.54) is 24.1 Å². The molecule has 0 atom stereocenters. The summed E-state index contributed by atoms with van der Waals surface area (Å²) >= 11 is 7.08. The van der Waals surface area contributed by atoms with Crippen LogP contribution in [-0.4, -0.2) is 16.2 Å². The Balaban J connectivity index is 1.88. The van der Waals surface area contributed by atoms with E-state index in [0.29, 0.717) is 11.6 Å². The van der Waals surface area contributed by atoms with Gasteiger partial charge in [0.1, 0.15) is 11.8 Å². The zero-order valence-electron chi connectivity index (χ0n) is 12.4. The van der Waals surface area contributed by atoms with Crippen molar-refractivity contribution in [2.24, 2.45) is 0 Å². The van der Waals surface area contributed by atoms with Gasteiger partial charge < -0.3 is 14.9 Å². The first-order valence-corrected chi connectivity index (χ1v) is 8.41. The Bertz CT molecular complexity index is 860. The number of aromatic carboxylic acids is 1. The van der Waals surface area contributed by atoms with E-state index in [-0.39, 0.29) is 21.9 Å². The minimum absolute atomic E-state index is 0.0751. The lowest BCUT2D eigenvalue weighted by molar-refractivity contribution is 0.0696. The van der Waals surface area contributed by atoms with Crippen molar-refractivity contribution < 1.29 is 15.0 Å². The molecule has 3 rings (SSSR count). The molecule has 2 aromatic carbocycles. The highest BCUT2D eigenvalue weighted by Crippen LogP contribution is 2.45. The molecule has 7 heteroatoms. The van der Waals surface area contributed by atoms with E-state index in [9.17, 15) is 9.90 Å². The highest BCUT2D eigenvalue weighted by atomic mass is 35.5. The molecule has 0 heterocycles. The molecule has 3 N–H and O–H groups in total. The lowest BCUT2D eigenvalue weighted by atomic mass is 10.1. The molecule has 122 valence electrons. The highest BCUT2D eigenvalue weighted by molar-refractivity contribution is 8.00. The van der Waals surface area contributed by atoms with Crippen molar-refractivity contribution in [3.05, 3.63) is 52.0 Å². The minimum atomic E-state index is -0.986. The van der Waals surface area contributed by atoms with Crippen LogP contribution in [0.2, 0.25) is 5.02 Å². The van der Waals surface area contributed by atoms with Gasteiger partial charge in [0.15, 0.2) is 0 Å². The Morgan fingerprint density at radius 3 is 2.71 bits per heavy atom. The fourth-order valence-corrected chi connectivity index (χ4v) is 3.45. The van der Waals surface area contributed by atoms with Crippen LogP contribution in [0, 0.1) is 11.3 Å². The number of aromatic hydroxyl groups is 1. The summed E-state index contributed by atoms with van der Waals surface area (Å²) in [6.07, 6.45) is 2.18. The smallest absolute Gasteiger partial charge is 0.335 e. The standard InChI is InChI=1S/C17H13ClN2O3S/c18-13-7-15(21)14(5-11(13)8-19)20-24-16-6-10(17(22)23)3-4-12(16)9-1-2-9/h3-7,9,20-21H,1-2H2,(H,22,23). The summed E-state index contributed by atoms with van der Waals surface area (Å²) in [5, 5.41) is 28.3. The van der Waals surface area contributed by atoms with Crippen LogP contribution in [0.3, 0.4) is 0 Å². The zero-order chi connectivity index (χ0) is 17.3. The Morgan fingerprint density at radius 1 is 1.33 bits per heavy atom. The second-order valence-electron chi connectivity index (χ2n) is 5.50. The van der Waals surface area contributed by atoms with Crippen molar-refractivity contribution in [1.29, 1.82) is 5.26 Å². The van der Waals surface area contributed by atoms with Gasteiger partial charge in [-0.1, -0.05) is 17.7 Å². The molecular weight excluding hydrogens is 348 g/mol. The van der Waals surface area contributed by atoms with E-state index in [4.69, 9.17) is 22.0 Å². The third kappa shape index (κ3) is 3.42. The number of phenolic OH excluding ortho intramolecular Hbond substituents is 1. The summed E-state index contributed by atoms with van der Waals surface area (Å²) in [5.74, 6) is -0.611. The first-order chi connectivity index (χ1) is 11.5. The summed E-state index contributed by atoms with van der Waals surface area (Å²) in [7, 11) is 0. The lowest BCUT2D eigenvalue weighted by Crippen LogP contribution is -1.99. The Kier molecular flexibility index (Phi) is 4.56. The fourth-order valence-electron chi connectivity index (χ4n) is 2.33. The number of anilines is 1. The number of rotatable bonds is 5. The molecule has 1 saturated carbocycles. The van der Waals surface area contributed by atoms with E-state index >= 15 is 0 Å². The van der Waals surface area contributed by atoms with Crippen LogP contribution in [-0.2, 0) is 0 Å². The summed E-state index contributed by atoms with van der Waals surface area (Å²) in [6, 6.07) is 9.78. The van der Waals surface area contributed by atoms with Crippen molar-refractivity contribution in [2.45, 2.75) is 23.7 Å². The van der Waals surface area contributed by atoms with Crippen molar-refractivity contribution in [3.8, 4) is 11.8 Å². The van der Waals surface area contributed by atoms with Crippen molar-refractivity contribution in [1.82, 2.24) is 0 Å². The van der Waals surface area contributed by atoms with Crippen molar-refractivity contribution in [2.75, 3.05) is 4.72 Å². The first kappa shape index (κ1) is 16.5. The van der Waals surface area contributed by atoms with Gasteiger partial charge in [-0.25, -0.2) is 4.79 Å². The van der Waals surface area contributed by atoms with Gasteiger partial charge in [-0.15, -0.1) is 0 Å². The van der Waals surface area contributed by atoms with Crippen LogP contribution in [0.1, 0.15) is 40.2 Å². The van der Waals surface area contributed by atoms with E-state index < -0.39 is 5.97 Å². The Morgan fingerprint density at radius 2 is 2.08 bits per heavy atom. The van der Waals surface area contributed by atoms with Gasteiger partial charge in [0, 0.05) is 11.0 Å². The maximum Gasteiger partial charge on any atom is 0.335 e. The third-order valence-corrected chi connectivity index (χ3v) is 4.96. The Labute approximate surface area is 148 Å². The summed E-state index contributed by atoms with van der Waals surface area (Å²) < 4.78 is 2.98. The molecule has 0 bridgehead atoms. The number of halogens is 1. The van der Waals surface area contributed by atoms with Gasteiger partial charge in [-0.05, 0) is 54.5 Å². The van der Waals surface area contributed by atoms with Crippen LogP contribution >= 0.6 is 23.5 Å². The molecular formula is C17H13ClN2O3S. The van der Waals surface area contributed by atoms with E-state index in [2.05, 4.69) is 4.72 Å². The average molecular weight is 361 g/mol. The number of hydrogen-bond donors (Lipinski definition) is 3. The average Bonchev–Trinajstić information content (AvgIpc) is 3.38. The molecule has 5 nitrogen and oxygen atoms in total. The number of carboxylic acid groups (broad SMARTS) is 1. The van der Waals surface area contributed by atoms with E-state index in [1.54, 1.807) is 12.1 Å². The number of carboxylic acids is 1. The molecule has 0 aromatic heterocycles. The summed E-state index contributed by atoms with van der Waals surface area (Å²) in [6.45, 7) is 0. The molecule has 1 aliphatic rings. The van der Waals surface area contributed by atoms with Crippen LogP contribution in [0.15, 0.2) is 35.2 Å². The van der Waals surface area contributed by atoms with Crippen LogP contribution in [0.25, 0.3) is 0 Å². The second kappa shape index (κ2) is 6.63. The maximum absolute atomic E-state index is 11.2. The van der Waals surface area contributed by atoms with Gasteiger partial charge in [0.25, 0.3) is 0 Å². The van der Waals surface area contributed by atoms with Gasteiger partial charge in [0.05, 0.1) is 21.8 Å². The summed E-state index contributed by atoms with van der Waals surface area (Å²) in [5.41, 5.74) is 1.90. The SMILES string of the molecule is N#Cc1cc(NSc2cc(C(=O)O)ccc2C2CC2)c(O)cc1Cl. The van der Waals surface area contributed by atoms with E-state index in [1.807, 2.05) is 12.1 Å². The molecule has 0 radical (unpaired) electrons. The summed E-state index contributed by atoms with van der Waals surface area (Å²) in [4.78, 5) is 12.0. The van der Waals surface area contributed by atoms with Gasteiger partial charge >= 0.3 is 5.97 Å². The molecule has 1 aliphatic carbocycles. The fraction of sp³-hybridized carbons (Fsp3) is 0.176. The topological polar surface area (TPSA) is 93.4 Å². The van der Waals surface area contributed by atoms with Gasteiger partial charge in [-0.3, -0.25) is 0 Å². The minimum Gasteiger partial charge on any atom is -0.506 e. The quantitative estimate of drug-likeness (QED) is 0.532. The van der Waals surface area contributed by atoms with Crippen molar-refractivity contribution in [3.63, 3.8) is 0 Å². The molecule has 0 amide bonds. The largest absolute Gasteiger partial charge is 0.506 e. The molecule has 0 saturated heterocycles. The Hall–Kier alpha value is -2.36. The number of nitriles is 1. The lowest BCUT2D eigenvalue weighted by Gasteiger charge is -2.12. The number of nitrogens with one attached hydrogen (secondary N) is 1. The van der Waals surface area contributed by atoms with Crippen molar-refractivity contribution >= 4 is 35.2 Å². The number of phenols is 1. The number of nitrogens with zero attached hydrogens (tertiary/aromatic N) is 1. The third-order valence-electron chi connectivity index (χ3n) is 3.75. The van der Waals surface area contributed by atoms with E-state index in [0.717, 1.165) is 23.3 Å². The molecule has 2 aromatic rings. The molecule has 1 fully saturated rings. The maximum atomic E-state index is 11.2. The van der Waals surface area contributed by atoms with Crippen LogP contribution in [0.5, 0.6) is 5.75 Å². The monoisotopic (exact) mass is 360 g/mol. The normalized spacial score (nSPS) is 13.3. The van der Waals surface area contributed by atoms with Gasteiger partial charge in [0.2, 0.25) is 0 Å². The molecule has 0 aliphatic heterocycles. The second-order valence-corrected chi connectivity index (χ2v) is 6.75. The first-order valence-electron chi connectivity index (χ1n) is 7.22. The molecule has 0 spiro atoms. The number of benzene rings is 2. The van der Waals surface area contributed by atoms with Crippen LogP contribution < -0.4 is 4.72 Å². The predicted molar refractivity (Wildman–Crippen MR) is 92.7 cm³/mol. The highest BCUT2D eigenvalue weighted by Gasteiger charge is 2.27. The molecule has 0 unspecified atom stereocenters.